The maximum atomic E-state index is 13.3. The van der Waals surface area contributed by atoms with E-state index in [9.17, 15) is 9.59 Å². The molecule has 174 valence electrons. The number of ether oxygens (including phenoxy) is 4. The third-order valence-corrected chi connectivity index (χ3v) is 6.00. The number of carbonyl (C=O) groups is 2. The summed E-state index contributed by atoms with van der Waals surface area (Å²) in [5.41, 5.74) is 2.64. The van der Waals surface area contributed by atoms with Gasteiger partial charge in [-0.25, -0.2) is 0 Å². The van der Waals surface area contributed by atoms with Gasteiger partial charge >= 0.3 is 5.97 Å². The van der Waals surface area contributed by atoms with Gasteiger partial charge in [-0.1, -0.05) is 19.9 Å². The summed E-state index contributed by atoms with van der Waals surface area (Å²) in [6, 6.07) is 5.51. The van der Waals surface area contributed by atoms with E-state index in [-0.39, 0.29) is 17.8 Å². The van der Waals surface area contributed by atoms with Gasteiger partial charge in [0.25, 0.3) is 0 Å². The van der Waals surface area contributed by atoms with Gasteiger partial charge in [0, 0.05) is 35.9 Å². The van der Waals surface area contributed by atoms with E-state index in [0.29, 0.717) is 48.8 Å². The number of methoxy groups -OCH3 is 2. The van der Waals surface area contributed by atoms with Gasteiger partial charge in [-0.3, -0.25) is 14.6 Å². The fourth-order valence-electron chi connectivity index (χ4n) is 4.59. The average Bonchev–Trinajstić information content (AvgIpc) is 2.74. The van der Waals surface area contributed by atoms with Gasteiger partial charge < -0.3 is 18.9 Å². The first-order valence-corrected chi connectivity index (χ1v) is 11.0. The number of rotatable bonds is 8. The van der Waals surface area contributed by atoms with Gasteiger partial charge in [-0.15, -0.1) is 0 Å². The van der Waals surface area contributed by atoms with E-state index in [4.69, 9.17) is 23.9 Å². The Hall–Kier alpha value is -2.67. The van der Waals surface area contributed by atoms with Crippen molar-refractivity contribution in [3.05, 3.63) is 35.0 Å². The Morgan fingerprint density at radius 3 is 2.50 bits per heavy atom. The van der Waals surface area contributed by atoms with E-state index in [2.05, 4.69) is 13.8 Å². The van der Waals surface area contributed by atoms with Crippen molar-refractivity contribution in [1.82, 2.24) is 0 Å². The van der Waals surface area contributed by atoms with Crippen LogP contribution in [0.5, 0.6) is 11.5 Å². The molecule has 0 saturated heterocycles. The monoisotopic (exact) mass is 443 g/mol. The van der Waals surface area contributed by atoms with Crippen molar-refractivity contribution in [3.8, 4) is 11.5 Å². The molecule has 0 aromatic heterocycles. The van der Waals surface area contributed by atoms with Gasteiger partial charge in [0.15, 0.2) is 17.3 Å². The Labute approximate surface area is 189 Å². The molecule has 1 unspecified atom stereocenters. The first-order valence-electron chi connectivity index (χ1n) is 11.0. The molecule has 1 heterocycles. The molecule has 0 amide bonds. The van der Waals surface area contributed by atoms with E-state index in [1.807, 2.05) is 26.0 Å². The molecule has 0 radical (unpaired) electrons. The van der Waals surface area contributed by atoms with Crippen molar-refractivity contribution in [1.29, 1.82) is 0 Å². The lowest BCUT2D eigenvalue weighted by atomic mass is 9.67. The number of ketones is 1. The molecule has 7 heteroatoms. The predicted molar refractivity (Wildman–Crippen MR) is 121 cm³/mol. The van der Waals surface area contributed by atoms with Gasteiger partial charge in [0.1, 0.15) is 12.5 Å². The van der Waals surface area contributed by atoms with Crippen molar-refractivity contribution < 1.29 is 28.5 Å². The molecule has 3 rings (SSSR count). The summed E-state index contributed by atoms with van der Waals surface area (Å²) in [5.74, 6) is -0.448. The molecule has 0 spiro atoms. The highest BCUT2D eigenvalue weighted by Crippen LogP contribution is 2.48. The second-order valence-electron chi connectivity index (χ2n) is 8.99. The third-order valence-electron chi connectivity index (χ3n) is 6.00. The normalized spacial score (nSPS) is 22.2. The van der Waals surface area contributed by atoms with Crippen LogP contribution in [0.15, 0.2) is 34.5 Å². The van der Waals surface area contributed by atoms with E-state index in [1.54, 1.807) is 20.3 Å². The fraction of sp³-hybridized carbons (Fsp3) is 0.560. The van der Waals surface area contributed by atoms with Crippen molar-refractivity contribution in [2.24, 2.45) is 16.3 Å². The van der Waals surface area contributed by atoms with Crippen LogP contribution in [0.25, 0.3) is 0 Å². The highest BCUT2D eigenvalue weighted by atomic mass is 16.6. The number of benzene rings is 1. The van der Waals surface area contributed by atoms with Crippen LogP contribution >= 0.6 is 0 Å². The minimum Gasteiger partial charge on any atom is -0.493 e. The third kappa shape index (κ3) is 4.88. The van der Waals surface area contributed by atoms with Crippen LogP contribution < -0.4 is 9.47 Å². The molecule has 1 aliphatic heterocycles. The molecule has 0 fully saturated rings. The van der Waals surface area contributed by atoms with Crippen molar-refractivity contribution in [2.75, 3.05) is 34.0 Å². The Morgan fingerprint density at radius 2 is 1.84 bits per heavy atom. The van der Waals surface area contributed by atoms with Crippen LogP contribution in [0.2, 0.25) is 0 Å². The zero-order valence-electron chi connectivity index (χ0n) is 19.8. The van der Waals surface area contributed by atoms with Crippen molar-refractivity contribution in [2.45, 2.75) is 46.5 Å². The first-order chi connectivity index (χ1) is 15.2. The maximum absolute atomic E-state index is 13.3. The Kier molecular flexibility index (Phi) is 7.39. The highest BCUT2D eigenvalue weighted by molar-refractivity contribution is 6.09. The first kappa shape index (κ1) is 24.0. The van der Waals surface area contributed by atoms with Gasteiger partial charge in [-0.05, 0) is 43.4 Å². The van der Waals surface area contributed by atoms with Crippen LogP contribution in [0, 0.1) is 11.3 Å². The lowest BCUT2D eigenvalue weighted by Crippen LogP contribution is -2.39. The quantitative estimate of drug-likeness (QED) is 0.444. The maximum Gasteiger partial charge on any atom is 0.315 e. The number of Topliss-reactive ketones (excluding diaryl/α,β-unsaturated/α-hetero) is 1. The average molecular weight is 444 g/mol. The summed E-state index contributed by atoms with van der Waals surface area (Å²) in [6.45, 7) is 8.89. The molecule has 0 bridgehead atoms. The van der Waals surface area contributed by atoms with E-state index < -0.39 is 17.8 Å². The van der Waals surface area contributed by atoms with Gasteiger partial charge in [0.2, 0.25) is 0 Å². The number of hydrogen-bond donors (Lipinski definition) is 0. The molecule has 2 atom stereocenters. The van der Waals surface area contributed by atoms with Gasteiger partial charge in [-0.2, -0.15) is 0 Å². The number of aliphatic imine (C=N–C) groups is 1. The van der Waals surface area contributed by atoms with Crippen LogP contribution in [0.1, 0.15) is 52.0 Å². The number of allylic oxidation sites excluding steroid dienone is 2. The van der Waals surface area contributed by atoms with E-state index >= 15 is 0 Å². The molecule has 0 saturated carbocycles. The topological polar surface area (TPSA) is 83.4 Å². The summed E-state index contributed by atoms with van der Waals surface area (Å²) >= 11 is 0. The minimum absolute atomic E-state index is 0.0272. The summed E-state index contributed by atoms with van der Waals surface area (Å²) in [4.78, 5) is 31.3. The molecular formula is C25H33NO6. The summed E-state index contributed by atoms with van der Waals surface area (Å²) in [5, 5.41) is 0. The predicted octanol–water partition coefficient (Wildman–Crippen LogP) is 4.10. The largest absolute Gasteiger partial charge is 0.493 e. The molecule has 1 aliphatic carbocycles. The number of hydrogen-bond acceptors (Lipinski definition) is 7. The summed E-state index contributed by atoms with van der Waals surface area (Å²) in [6.07, 6.45) is 1.09. The molecular weight excluding hydrogens is 410 g/mol. The van der Waals surface area contributed by atoms with E-state index in [0.717, 1.165) is 11.3 Å². The molecule has 7 nitrogen and oxygen atoms in total. The van der Waals surface area contributed by atoms with Crippen LogP contribution in [-0.4, -0.2) is 51.5 Å². The van der Waals surface area contributed by atoms with Crippen molar-refractivity contribution in [3.63, 3.8) is 0 Å². The standard InChI is InChI=1S/C25H33NO6/c1-7-31-10-11-32-24(28)21-15(2)26-17-13-25(3,4)14-18(27)23(17)22(21)16-8-9-19(29-5)20(12-16)30-6/h8-9,12,21-22H,7,10-11,13-14H2,1-6H3/t21?,22-/m0/s1. The van der Waals surface area contributed by atoms with Gasteiger partial charge in [0.05, 0.1) is 20.8 Å². The highest BCUT2D eigenvalue weighted by Gasteiger charge is 2.46. The zero-order valence-corrected chi connectivity index (χ0v) is 19.8. The van der Waals surface area contributed by atoms with Crippen LogP contribution in [-0.2, 0) is 19.1 Å². The summed E-state index contributed by atoms with van der Waals surface area (Å²) in [7, 11) is 3.13. The van der Waals surface area contributed by atoms with Crippen molar-refractivity contribution >= 4 is 17.5 Å². The molecule has 32 heavy (non-hydrogen) atoms. The summed E-state index contributed by atoms with van der Waals surface area (Å²) < 4.78 is 21.7. The number of nitrogens with zero attached hydrogens (tertiary/aromatic N) is 1. The smallest absolute Gasteiger partial charge is 0.315 e. The number of carbonyl (C=O) groups excluding carboxylic acids is 2. The van der Waals surface area contributed by atoms with E-state index in [1.165, 1.54) is 0 Å². The molecule has 2 aliphatic rings. The molecule has 1 aromatic rings. The lowest BCUT2D eigenvalue weighted by Gasteiger charge is -2.39. The zero-order chi connectivity index (χ0) is 23.5. The second kappa shape index (κ2) is 9.86. The van der Waals surface area contributed by atoms with Crippen LogP contribution in [0.4, 0.5) is 0 Å². The molecule has 0 N–H and O–H groups in total. The Balaban J connectivity index is 2.07. The second-order valence-corrected chi connectivity index (χ2v) is 8.99. The molecule has 1 aromatic carbocycles. The minimum atomic E-state index is -0.696. The Bertz CT molecular complexity index is 946. The SMILES string of the molecule is CCOCCOC(=O)C1C(C)=NC2=C(C(=O)CC(C)(C)C2)[C@H]1c1ccc(OC)c(OC)c1. The Morgan fingerprint density at radius 1 is 1.12 bits per heavy atom. The van der Waals surface area contributed by atoms with Crippen LogP contribution in [0.3, 0.4) is 0 Å². The lowest BCUT2D eigenvalue weighted by molar-refractivity contribution is -0.148. The fourth-order valence-corrected chi connectivity index (χ4v) is 4.59. The number of esters is 1.